The van der Waals surface area contributed by atoms with Gasteiger partial charge in [-0.15, -0.1) is 0 Å². The van der Waals surface area contributed by atoms with Crippen LogP contribution in [0.25, 0.3) is 0 Å². The van der Waals surface area contributed by atoms with Crippen LogP contribution in [0.1, 0.15) is 28.4 Å². The first-order valence-corrected chi connectivity index (χ1v) is 5.32. The second-order valence-electron chi connectivity index (χ2n) is 3.74. The maximum absolute atomic E-state index is 11.4. The van der Waals surface area contributed by atoms with Crippen LogP contribution in [0.4, 0.5) is 4.79 Å². The molecule has 0 bridgehead atoms. The summed E-state index contributed by atoms with van der Waals surface area (Å²) < 4.78 is 9.44. The number of rotatable bonds is 2. The fourth-order valence-electron chi connectivity index (χ4n) is 1.78. The molecule has 1 aromatic carbocycles. The molecule has 1 saturated heterocycles. The number of nitrogens with one attached hydrogen (secondary N) is 1. The van der Waals surface area contributed by atoms with Crippen molar-refractivity contribution in [3.05, 3.63) is 35.4 Å². The van der Waals surface area contributed by atoms with E-state index in [1.807, 2.05) is 6.07 Å². The van der Waals surface area contributed by atoms with Crippen LogP contribution in [0.5, 0.6) is 0 Å². The van der Waals surface area contributed by atoms with Gasteiger partial charge in [-0.25, -0.2) is 9.59 Å². The number of hydrogen-bond acceptors (Lipinski definition) is 4. The molecule has 5 nitrogen and oxygen atoms in total. The SMILES string of the molecule is COC(=O)c1cccc([C@H]2CCOC(=O)N2)c1. The number of hydrogen-bond donors (Lipinski definition) is 1. The van der Waals surface area contributed by atoms with Crippen molar-refractivity contribution in [2.75, 3.05) is 13.7 Å². The molecule has 0 saturated carbocycles. The highest BCUT2D eigenvalue weighted by atomic mass is 16.6. The average Bonchev–Trinajstić information content (AvgIpc) is 2.38. The highest BCUT2D eigenvalue weighted by Crippen LogP contribution is 2.21. The van der Waals surface area contributed by atoms with E-state index in [2.05, 4.69) is 10.1 Å². The molecule has 0 radical (unpaired) electrons. The second kappa shape index (κ2) is 4.86. The molecule has 17 heavy (non-hydrogen) atoms. The molecule has 1 atom stereocenters. The Morgan fingerprint density at radius 1 is 1.53 bits per heavy atom. The fourth-order valence-corrected chi connectivity index (χ4v) is 1.78. The molecule has 1 amide bonds. The van der Waals surface area contributed by atoms with Crippen LogP contribution >= 0.6 is 0 Å². The monoisotopic (exact) mass is 235 g/mol. The third-order valence-electron chi connectivity index (χ3n) is 2.64. The van der Waals surface area contributed by atoms with Gasteiger partial charge < -0.3 is 14.8 Å². The number of esters is 1. The van der Waals surface area contributed by atoms with Crippen molar-refractivity contribution < 1.29 is 19.1 Å². The topological polar surface area (TPSA) is 64.6 Å². The Labute approximate surface area is 98.7 Å². The molecule has 0 unspecified atom stereocenters. The maximum Gasteiger partial charge on any atom is 0.407 e. The minimum Gasteiger partial charge on any atom is -0.465 e. The average molecular weight is 235 g/mol. The van der Waals surface area contributed by atoms with Crippen molar-refractivity contribution >= 4 is 12.1 Å². The highest BCUT2D eigenvalue weighted by Gasteiger charge is 2.21. The van der Waals surface area contributed by atoms with Crippen molar-refractivity contribution in [3.8, 4) is 0 Å². The first kappa shape index (κ1) is 11.4. The first-order chi connectivity index (χ1) is 8.20. The summed E-state index contributed by atoms with van der Waals surface area (Å²) in [4.78, 5) is 22.5. The standard InChI is InChI=1S/C12H13NO4/c1-16-11(14)9-4-2-3-8(7-9)10-5-6-17-12(15)13-10/h2-4,7,10H,5-6H2,1H3,(H,13,15)/t10-/m1/s1. The van der Waals surface area contributed by atoms with Crippen molar-refractivity contribution in [1.29, 1.82) is 0 Å². The van der Waals surface area contributed by atoms with E-state index in [1.165, 1.54) is 7.11 Å². The summed E-state index contributed by atoms with van der Waals surface area (Å²) in [6.45, 7) is 0.388. The van der Waals surface area contributed by atoms with E-state index in [9.17, 15) is 9.59 Å². The third kappa shape index (κ3) is 2.55. The molecule has 1 aliphatic rings. The van der Waals surface area contributed by atoms with Gasteiger partial charge in [0.1, 0.15) is 0 Å². The summed E-state index contributed by atoms with van der Waals surface area (Å²) in [5.74, 6) is -0.384. The number of ether oxygens (including phenoxy) is 2. The Bertz CT molecular complexity index is 444. The zero-order valence-corrected chi connectivity index (χ0v) is 9.43. The molecule has 1 aliphatic heterocycles. The summed E-state index contributed by atoms with van der Waals surface area (Å²) in [5.41, 5.74) is 1.36. The van der Waals surface area contributed by atoms with Gasteiger partial charge in [-0.1, -0.05) is 12.1 Å². The minimum atomic E-state index is -0.426. The highest BCUT2D eigenvalue weighted by molar-refractivity contribution is 5.89. The van der Waals surface area contributed by atoms with E-state index >= 15 is 0 Å². The molecule has 1 heterocycles. The Kier molecular flexibility index (Phi) is 3.27. The number of amides is 1. The Balaban J connectivity index is 2.20. The predicted octanol–water partition coefficient (Wildman–Crippen LogP) is 1.64. The lowest BCUT2D eigenvalue weighted by Crippen LogP contribution is -2.35. The lowest BCUT2D eigenvalue weighted by atomic mass is 10.0. The van der Waals surface area contributed by atoms with Crippen molar-refractivity contribution in [2.45, 2.75) is 12.5 Å². The number of methoxy groups -OCH3 is 1. The van der Waals surface area contributed by atoms with E-state index in [0.29, 0.717) is 18.6 Å². The largest absolute Gasteiger partial charge is 0.465 e. The van der Waals surface area contributed by atoms with Gasteiger partial charge >= 0.3 is 12.1 Å². The molecule has 2 rings (SSSR count). The number of cyclic esters (lactones) is 1. The van der Waals surface area contributed by atoms with Gasteiger partial charge in [0, 0.05) is 6.42 Å². The van der Waals surface area contributed by atoms with Gasteiger partial charge in [0.05, 0.1) is 25.3 Å². The Morgan fingerprint density at radius 3 is 3.06 bits per heavy atom. The van der Waals surface area contributed by atoms with Crippen LogP contribution in [0, 0.1) is 0 Å². The van der Waals surface area contributed by atoms with Gasteiger partial charge in [-0.3, -0.25) is 0 Å². The number of carbonyl (C=O) groups is 2. The molecular weight excluding hydrogens is 222 g/mol. The van der Waals surface area contributed by atoms with Crippen molar-refractivity contribution in [2.24, 2.45) is 0 Å². The van der Waals surface area contributed by atoms with Gasteiger partial charge in [0.25, 0.3) is 0 Å². The van der Waals surface area contributed by atoms with Crippen LogP contribution < -0.4 is 5.32 Å². The Morgan fingerprint density at radius 2 is 2.35 bits per heavy atom. The summed E-state index contributed by atoms with van der Waals surface area (Å²) in [7, 11) is 1.34. The molecule has 1 N–H and O–H groups in total. The van der Waals surface area contributed by atoms with E-state index in [4.69, 9.17) is 4.74 Å². The van der Waals surface area contributed by atoms with Crippen molar-refractivity contribution in [3.63, 3.8) is 0 Å². The summed E-state index contributed by atoms with van der Waals surface area (Å²) in [6.07, 6.45) is 0.265. The predicted molar refractivity (Wildman–Crippen MR) is 59.6 cm³/mol. The number of carbonyl (C=O) groups excluding carboxylic acids is 2. The van der Waals surface area contributed by atoms with E-state index in [1.54, 1.807) is 18.2 Å². The molecule has 90 valence electrons. The van der Waals surface area contributed by atoms with Gasteiger partial charge in [0.15, 0.2) is 0 Å². The van der Waals surface area contributed by atoms with Crippen LogP contribution in [0.2, 0.25) is 0 Å². The molecule has 1 aromatic rings. The van der Waals surface area contributed by atoms with Gasteiger partial charge in [0.2, 0.25) is 0 Å². The van der Waals surface area contributed by atoms with Crippen molar-refractivity contribution in [1.82, 2.24) is 5.32 Å². The van der Waals surface area contributed by atoms with E-state index in [-0.39, 0.29) is 12.0 Å². The van der Waals surface area contributed by atoms with E-state index < -0.39 is 6.09 Å². The summed E-state index contributed by atoms with van der Waals surface area (Å²) >= 11 is 0. The summed E-state index contributed by atoms with van der Waals surface area (Å²) in [5, 5.41) is 2.70. The van der Waals surface area contributed by atoms with Crippen LogP contribution in [-0.4, -0.2) is 25.8 Å². The zero-order chi connectivity index (χ0) is 12.3. The van der Waals surface area contributed by atoms with Crippen LogP contribution in [-0.2, 0) is 9.47 Å². The molecule has 5 heteroatoms. The molecule has 0 spiro atoms. The minimum absolute atomic E-state index is 0.110. The maximum atomic E-state index is 11.4. The zero-order valence-electron chi connectivity index (χ0n) is 9.43. The smallest absolute Gasteiger partial charge is 0.407 e. The summed E-state index contributed by atoms with van der Waals surface area (Å²) in [6, 6.07) is 6.92. The van der Waals surface area contributed by atoms with E-state index in [0.717, 1.165) is 5.56 Å². The lowest BCUT2D eigenvalue weighted by molar-refractivity contribution is 0.0600. The van der Waals surface area contributed by atoms with Crippen LogP contribution in [0.3, 0.4) is 0 Å². The Hall–Kier alpha value is -2.04. The van der Waals surface area contributed by atoms with Gasteiger partial charge in [-0.05, 0) is 17.7 Å². The molecule has 0 aromatic heterocycles. The molecular formula is C12H13NO4. The number of benzene rings is 1. The molecule has 1 fully saturated rings. The fraction of sp³-hybridized carbons (Fsp3) is 0.333. The quantitative estimate of drug-likeness (QED) is 0.791. The first-order valence-electron chi connectivity index (χ1n) is 5.32. The number of alkyl carbamates (subject to hydrolysis) is 1. The van der Waals surface area contributed by atoms with Crippen LogP contribution in [0.15, 0.2) is 24.3 Å². The third-order valence-corrected chi connectivity index (χ3v) is 2.64. The normalized spacial score (nSPS) is 19.1. The molecule has 0 aliphatic carbocycles. The lowest BCUT2D eigenvalue weighted by Gasteiger charge is -2.23. The second-order valence-corrected chi connectivity index (χ2v) is 3.74. The van der Waals surface area contributed by atoms with Gasteiger partial charge in [-0.2, -0.15) is 0 Å².